The molecule has 104 valence electrons. The van der Waals surface area contributed by atoms with E-state index in [9.17, 15) is 23.7 Å². The zero-order valence-electron chi connectivity index (χ0n) is 10.2. The number of rotatable bonds is 6. The highest BCUT2D eigenvalue weighted by atomic mass is 19.3. The van der Waals surface area contributed by atoms with Gasteiger partial charge in [-0.05, 0) is 19.1 Å². The van der Waals surface area contributed by atoms with E-state index in [0.29, 0.717) is 6.54 Å². The van der Waals surface area contributed by atoms with Crippen LogP contribution in [-0.2, 0) is 0 Å². The summed E-state index contributed by atoms with van der Waals surface area (Å²) < 4.78 is 23.9. The summed E-state index contributed by atoms with van der Waals surface area (Å²) in [7, 11) is 0. The molecule has 0 saturated carbocycles. The summed E-state index contributed by atoms with van der Waals surface area (Å²) in [5.74, 6) is -0.772. The van der Waals surface area contributed by atoms with Crippen molar-refractivity contribution in [3.05, 3.63) is 33.9 Å². The molecule has 0 radical (unpaired) electrons. The average molecular weight is 273 g/mol. The van der Waals surface area contributed by atoms with Crippen LogP contribution >= 0.6 is 0 Å². The molecule has 1 aromatic carbocycles. The summed E-state index contributed by atoms with van der Waals surface area (Å²) in [6.45, 7) is 1.46. The highest BCUT2D eigenvalue weighted by molar-refractivity contribution is 5.95. The molecule has 0 bridgehead atoms. The maximum Gasteiger partial charge on any atom is 0.293 e. The van der Waals surface area contributed by atoms with Crippen molar-refractivity contribution >= 4 is 17.3 Å². The van der Waals surface area contributed by atoms with Gasteiger partial charge in [-0.25, -0.2) is 8.78 Å². The Morgan fingerprint density at radius 1 is 1.47 bits per heavy atom. The molecule has 0 heterocycles. The molecular weight excluding hydrogens is 260 g/mol. The molecule has 0 fully saturated rings. The normalized spacial score (nSPS) is 10.3. The number of benzene rings is 1. The predicted molar refractivity (Wildman–Crippen MR) is 65.6 cm³/mol. The van der Waals surface area contributed by atoms with E-state index in [1.807, 2.05) is 5.32 Å². The molecule has 19 heavy (non-hydrogen) atoms. The maximum atomic E-state index is 11.9. The lowest BCUT2D eigenvalue weighted by Gasteiger charge is -2.07. The van der Waals surface area contributed by atoms with Crippen LogP contribution in [0.15, 0.2) is 18.2 Å². The van der Waals surface area contributed by atoms with E-state index >= 15 is 0 Å². The van der Waals surface area contributed by atoms with E-state index in [-0.39, 0.29) is 16.9 Å². The summed E-state index contributed by atoms with van der Waals surface area (Å²) in [6.07, 6.45) is -2.67. The Labute approximate surface area is 108 Å². The van der Waals surface area contributed by atoms with Gasteiger partial charge in [0.1, 0.15) is 5.69 Å². The highest BCUT2D eigenvalue weighted by Crippen LogP contribution is 2.25. The van der Waals surface area contributed by atoms with Crippen LogP contribution in [-0.4, -0.2) is 30.3 Å². The lowest BCUT2D eigenvalue weighted by atomic mass is 10.1. The number of carbonyl (C=O) groups excluding carboxylic acids is 1. The van der Waals surface area contributed by atoms with E-state index < -0.39 is 23.8 Å². The second-order valence-corrected chi connectivity index (χ2v) is 3.62. The summed E-state index contributed by atoms with van der Waals surface area (Å²) >= 11 is 0. The van der Waals surface area contributed by atoms with Gasteiger partial charge in [0.05, 0.1) is 11.5 Å². The molecule has 0 aromatic heterocycles. The minimum Gasteiger partial charge on any atom is -0.380 e. The molecule has 0 saturated heterocycles. The van der Waals surface area contributed by atoms with Crippen LogP contribution < -0.4 is 10.6 Å². The minimum absolute atomic E-state index is 0.0333. The third kappa shape index (κ3) is 4.16. The number of amides is 1. The van der Waals surface area contributed by atoms with Gasteiger partial charge in [0.15, 0.2) is 0 Å². The quantitative estimate of drug-likeness (QED) is 0.613. The van der Waals surface area contributed by atoms with Crippen LogP contribution in [0.3, 0.4) is 0 Å². The van der Waals surface area contributed by atoms with Crippen molar-refractivity contribution in [1.29, 1.82) is 0 Å². The molecule has 0 spiro atoms. The Morgan fingerprint density at radius 3 is 2.68 bits per heavy atom. The summed E-state index contributed by atoms with van der Waals surface area (Å²) in [6, 6.07) is 3.77. The van der Waals surface area contributed by atoms with Crippen LogP contribution in [0.5, 0.6) is 0 Å². The van der Waals surface area contributed by atoms with Gasteiger partial charge in [0.25, 0.3) is 18.0 Å². The van der Waals surface area contributed by atoms with Crippen molar-refractivity contribution in [2.24, 2.45) is 0 Å². The van der Waals surface area contributed by atoms with Gasteiger partial charge in [-0.2, -0.15) is 0 Å². The fourth-order valence-corrected chi connectivity index (χ4v) is 1.44. The Hall–Kier alpha value is -2.25. The zero-order valence-corrected chi connectivity index (χ0v) is 10.2. The van der Waals surface area contributed by atoms with Gasteiger partial charge in [0, 0.05) is 18.2 Å². The van der Waals surface area contributed by atoms with Crippen LogP contribution in [0.25, 0.3) is 0 Å². The number of nitrogens with zero attached hydrogens (tertiary/aromatic N) is 1. The summed E-state index contributed by atoms with van der Waals surface area (Å²) in [4.78, 5) is 21.7. The predicted octanol–water partition coefficient (Wildman–Crippen LogP) is 2.02. The monoisotopic (exact) mass is 273 g/mol. The molecule has 1 aromatic rings. The molecule has 0 aliphatic carbocycles. The highest BCUT2D eigenvalue weighted by Gasteiger charge is 2.17. The Balaban J connectivity index is 2.94. The maximum absolute atomic E-state index is 11.9. The summed E-state index contributed by atoms with van der Waals surface area (Å²) in [5.41, 5.74) is -0.0292. The second kappa shape index (κ2) is 6.62. The van der Waals surface area contributed by atoms with Gasteiger partial charge in [-0.15, -0.1) is 0 Å². The number of halogens is 2. The molecule has 1 amide bonds. The van der Waals surface area contributed by atoms with Gasteiger partial charge < -0.3 is 10.6 Å². The number of alkyl halides is 2. The standard InChI is InChI=1S/C11H13F2N3O3/c1-2-14-8-4-3-7(5-9(8)16(18)19)11(17)15-6-10(12)13/h3-5,10,14H,2,6H2,1H3,(H,15,17). The first-order valence-electron chi connectivity index (χ1n) is 5.54. The second-order valence-electron chi connectivity index (χ2n) is 3.62. The minimum atomic E-state index is -2.67. The molecule has 0 aliphatic rings. The first-order valence-corrected chi connectivity index (χ1v) is 5.54. The molecule has 0 atom stereocenters. The fourth-order valence-electron chi connectivity index (χ4n) is 1.44. The molecule has 1 rings (SSSR count). The van der Waals surface area contributed by atoms with Gasteiger partial charge in [-0.1, -0.05) is 0 Å². The molecular formula is C11H13F2N3O3. The number of carbonyl (C=O) groups is 1. The number of nitrogens with one attached hydrogen (secondary N) is 2. The lowest BCUT2D eigenvalue weighted by molar-refractivity contribution is -0.384. The third-order valence-electron chi connectivity index (χ3n) is 2.24. The Morgan fingerprint density at radius 2 is 2.16 bits per heavy atom. The first kappa shape index (κ1) is 14.8. The Bertz CT molecular complexity index is 480. The lowest BCUT2D eigenvalue weighted by Crippen LogP contribution is -2.28. The molecule has 8 heteroatoms. The van der Waals surface area contributed by atoms with Crippen molar-refractivity contribution in [3.8, 4) is 0 Å². The smallest absolute Gasteiger partial charge is 0.293 e. The number of hydrogen-bond donors (Lipinski definition) is 2. The van der Waals surface area contributed by atoms with E-state index in [2.05, 4.69) is 5.32 Å². The number of nitro benzene ring substituents is 1. The number of hydrogen-bond acceptors (Lipinski definition) is 4. The average Bonchev–Trinajstić information content (AvgIpc) is 2.36. The Kier molecular flexibility index (Phi) is 5.16. The van der Waals surface area contributed by atoms with Gasteiger partial charge in [-0.3, -0.25) is 14.9 Å². The van der Waals surface area contributed by atoms with E-state index in [1.165, 1.54) is 12.1 Å². The third-order valence-corrected chi connectivity index (χ3v) is 2.24. The zero-order chi connectivity index (χ0) is 14.4. The van der Waals surface area contributed by atoms with Crippen LogP contribution in [0.1, 0.15) is 17.3 Å². The number of nitro groups is 1. The molecule has 6 nitrogen and oxygen atoms in total. The van der Waals surface area contributed by atoms with E-state index in [0.717, 1.165) is 6.07 Å². The SMILES string of the molecule is CCNc1ccc(C(=O)NCC(F)F)cc1[N+](=O)[O-]. The van der Waals surface area contributed by atoms with Crippen molar-refractivity contribution in [3.63, 3.8) is 0 Å². The molecule has 0 aliphatic heterocycles. The largest absolute Gasteiger partial charge is 0.380 e. The van der Waals surface area contributed by atoms with E-state index in [4.69, 9.17) is 0 Å². The first-order chi connectivity index (χ1) is 8.95. The van der Waals surface area contributed by atoms with Gasteiger partial charge >= 0.3 is 0 Å². The summed E-state index contributed by atoms with van der Waals surface area (Å²) in [5, 5.41) is 15.6. The molecule has 0 unspecified atom stereocenters. The fraction of sp³-hybridized carbons (Fsp3) is 0.364. The van der Waals surface area contributed by atoms with Crippen molar-refractivity contribution in [2.75, 3.05) is 18.4 Å². The van der Waals surface area contributed by atoms with Crippen molar-refractivity contribution in [2.45, 2.75) is 13.3 Å². The van der Waals surface area contributed by atoms with Crippen molar-refractivity contribution < 1.29 is 18.5 Å². The van der Waals surface area contributed by atoms with Gasteiger partial charge in [0.2, 0.25) is 0 Å². The van der Waals surface area contributed by atoms with Crippen LogP contribution in [0.2, 0.25) is 0 Å². The van der Waals surface area contributed by atoms with Crippen molar-refractivity contribution in [1.82, 2.24) is 5.32 Å². The topological polar surface area (TPSA) is 84.3 Å². The van der Waals surface area contributed by atoms with Crippen LogP contribution in [0.4, 0.5) is 20.2 Å². The number of anilines is 1. The van der Waals surface area contributed by atoms with E-state index in [1.54, 1.807) is 6.92 Å². The van der Waals surface area contributed by atoms with Crippen LogP contribution in [0, 0.1) is 10.1 Å². The molecule has 2 N–H and O–H groups in total.